The van der Waals surface area contributed by atoms with Gasteiger partial charge in [-0.2, -0.15) is 0 Å². The zero-order chi connectivity index (χ0) is 24.9. The largest absolute Gasteiger partial charge is 0.507 e. The molecule has 2 aromatic rings. The van der Waals surface area contributed by atoms with Crippen LogP contribution in [-0.4, -0.2) is 77.1 Å². The molecule has 2 saturated heterocycles. The number of ketones is 1. The summed E-state index contributed by atoms with van der Waals surface area (Å²) in [5, 5.41) is 11.3. The number of carbonyl (C=O) groups is 2. The standard InChI is InChI=1S/C27H33N3O5/c1-18(2)35-22-8-7-20(16-19(22)3)25(31)23-24(21-6-4-9-28-17-21)30(27(33)26(23)32)11-5-10-29-12-14-34-15-13-29/h4,6-9,16-18,24,31H,5,10-15H2,1-3H3/b25-23+/t24-/m0/s1. The van der Waals surface area contributed by atoms with Gasteiger partial charge in [0.25, 0.3) is 11.7 Å². The molecule has 35 heavy (non-hydrogen) atoms. The van der Waals surface area contributed by atoms with Crippen molar-refractivity contribution in [2.24, 2.45) is 0 Å². The number of ether oxygens (including phenoxy) is 2. The number of Topliss-reactive ketones (excluding diaryl/α,β-unsaturated/α-hetero) is 1. The van der Waals surface area contributed by atoms with Crippen molar-refractivity contribution in [3.05, 3.63) is 65.0 Å². The van der Waals surface area contributed by atoms with Crippen LogP contribution >= 0.6 is 0 Å². The molecule has 0 unspecified atom stereocenters. The molecule has 8 heteroatoms. The highest BCUT2D eigenvalue weighted by Crippen LogP contribution is 2.39. The number of amides is 1. The molecule has 2 aliphatic heterocycles. The second-order valence-corrected chi connectivity index (χ2v) is 9.23. The van der Waals surface area contributed by atoms with Crippen molar-refractivity contribution in [1.29, 1.82) is 0 Å². The molecule has 2 fully saturated rings. The van der Waals surface area contributed by atoms with Gasteiger partial charge in [-0.05, 0) is 62.6 Å². The number of hydrogen-bond donors (Lipinski definition) is 1. The van der Waals surface area contributed by atoms with Gasteiger partial charge in [0, 0.05) is 44.1 Å². The number of carbonyl (C=O) groups excluding carboxylic acids is 2. The number of rotatable bonds is 8. The Morgan fingerprint density at radius 3 is 2.63 bits per heavy atom. The van der Waals surface area contributed by atoms with Crippen LogP contribution in [0.5, 0.6) is 5.75 Å². The van der Waals surface area contributed by atoms with Crippen LogP contribution in [0.15, 0.2) is 48.3 Å². The normalized spacial score (nSPS) is 20.6. The zero-order valence-electron chi connectivity index (χ0n) is 20.6. The minimum Gasteiger partial charge on any atom is -0.507 e. The van der Waals surface area contributed by atoms with Crippen molar-refractivity contribution in [2.45, 2.75) is 39.3 Å². The van der Waals surface area contributed by atoms with Crippen molar-refractivity contribution < 1.29 is 24.2 Å². The quantitative estimate of drug-likeness (QED) is 0.353. The predicted octanol–water partition coefficient (Wildman–Crippen LogP) is 3.32. The van der Waals surface area contributed by atoms with Gasteiger partial charge < -0.3 is 19.5 Å². The van der Waals surface area contributed by atoms with Crippen molar-refractivity contribution in [1.82, 2.24) is 14.8 Å². The number of hydrogen-bond acceptors (Lipinski definition) is 7. The monoisotopic (exact) mass is 479 g/mol. The first-order chi connectivity index (χ1) is 16.9. The predicted molar refractivity (Wildman–Crippen MR) is 132 cm³/mol. The van der Waals surface area contributed by atoms with Crippen molar-refractivity contribution >= 4 is 17.4 Å². The molecule has 1 aromatic heterocycles. The highest BCUT2D eigenvalue weighted by molar-refractivity contribution is 6.46. The fourth-order valence-electron chi connectivity index (χ4n) is 4.62. The molecule has 1 aromatic carbocycles. The first kappa shape index (κ1) is 24.9. The summed E-state index contributed by atoms with van der Waals surface area (Å²) in [5.74, 6) is -0.752. The van der Waals surface area contributed by atoms with E-state index in [4.69, 9.17) is 9.47 Å². The lowest BCUT2D eigenvalue weighted by molar-refractivity contribution is -0.140. The lowest BCUT2D eigenvalue weighted by Gasteiger charge is -2.29. The third-order valence-electron chi connectivity index (χ3n) is 6.33. The van der Waals surface area contributed by atoms with Gasteiger partial charge in [0.15, 0.2) is 0 Å². The van der Waals surface area contributed by atoms with Gasteiger partial charge in [0.05, 0.1) is 30.9 Å². The Kier molecular flexibility index (Phi) is 7.83. The van der Waals surface area contributed by atoms with Gasteiger partial charge in [-0.15, -0.1) is 0 Å². The number of aliphatic hydroxyl groups is 1. The summed E-state index contributed by atoms with van der Waals surface area (Å²) < 4.78 is 11.2. The number of likely N-dealkylation sites (tertiary alicyclic amines) is 1. The van der Waals surface area contributed by atoms with E-state index in [1.54, 1.807) is 41.6 Å². The number of nitrogens with zero attached hydrogens (tertiary/aromatic N) is 3. The molecular weight excluding hydrogens is 446 g/mol. The van der Waals surface area contributed by atoms with E-state index in [9.17, 15) is 14.7 Å². The third-order valence-corrected chi connectivity index (χ3v) is 6.33. The van der Waals surface area contributed by atoms with Crippen LogP contribution in [0.4, 0.5) is 0 Å². The Morgan fingerprint density at radius 2 is 1.97 bits per heavy atom. The molecule has 0 bridgehead atoms. The molecule has 0 radical (unpaired) electrons. The van der Waals surface area contributed by atoms with Gasteiger partial charge in [-0.3, -0.25) is 19.5 Å². The lowest BCUT2D eigenvalue weighted by atomic mass is 9.95. The summed E-state index contributed by atoms with van der Waals surface area (Å²) in [7, 11) is 0. The molecule has 0 aliphatic carbocycles. The summed E-state index contributed by atoms with van der Waals surface area (Å²) in [6, 6.07) is 8.18. The average Bonchev–Trinajstić information content (AvgIpc) is 3.11. The Balaban J connectivity index is 1.65. The van der Waals surface area contributed by atoms with E-state index in [-0.39, 0.29) is 17.4 Å². The van der Waals surface area contributed by atoms with E-state index >= 15 is 0 Å². The smallest absolute Gasteiger partial charge is 0.295 e. The van der Waals surface area contributed by atoms with Crippen LogP contribution in [-0.2, 0) is 14.3 Å². The molecule has 1 N–H and O–H groups in total. The van der Waals surface area contributed by atoms with Gasteiger partial charge in [0.2, 0.25) is 0 Å². The molecule has 0 spiro atoms. The fraction of sp³-hybridized carbons (Fsp3) is 0.444. The van der Waals surface area contributed by atoms with E-state index < -0.39 is 17.7 Å². The van der Waals surface area contributed by atoms with E-state index in [2.05, 4.69) is 9.88 Å². The van der Waals surface area contributed by atoms with E-state index in [1.807, 2.05) is 26.8 Å². The molecule has 1 amide bonds. The number of aryl methyl sites for hydroxylation is 1. The van der Waals surface area contributed by atoms with E-state index in [1.165, 1.54) is 0 Å². The van der Waals surface area contributed by atoms with Crippen LogP contribution in [0, 0.1) is 6.92 Å². The Bertz CT molecular complexity index is 1090. The molecular formula is C27H33N3O5. The first-order valence-electron chi connectivity index (χ1n) is 12.1. The maximum atomic E-state index is 13.2. The van der Waals surface area contributed by atoms with Crippen LogP contribution in [0.1, 0.15) is 43.0 Å². The summed E-state index contributed by atoms with van der Waals surface area (Å²) in [6.45, 7) is 10.1. The van der Waals surface area contributed by atoms with Gasteiger partial charge in [-0.1, -0.05) is 6.07 Å². The first-order valence-corrected chi connectivity index (χ1v) is 12.1. The summed E-state index contributed by atoms with van der Waals surface area (Å²) >= 11 is 0. The van der Waals surface area contributed by atoms with E-state index in [0.717, 1.165) is 25.2 Å². The lowest BCUT2D eigenvalue weighted by Crippen LogP contribution is -2.39. The second kappa shape index (κ2) is 11.0. The van der Waals surface area contributed by atoms with Crippen molar-refractivity contribution in [2.75, 3.05) is 39.4 Å². The van der Waals surface area contributed by atoms with Gasteiger partial charge >= 0.3 is 0 Å². The van der Waals surface area contributed by atoms with Crippen LogP contribution in [0.3, 0.4) is 0 Å². The molecule has 3 heterocycles. The minimum absolute atomic E-state index is 0.0153. The molecule has 4 rings (SSSR count). The zero-order valence-corrected chi connectivity index (χ0v) is 20.6. The van der Waals surface area contributed by atoms with E-state index in [0.29, 0.717) is 43.1 Å². The highest BCUT2D eigenvalue weighted by atomic mass is 16.5. The fourth-order valence-corrected chi connectivity index (χ4v) is 4.62. The Labute approximate surface area is 206 Å². The second-order valence-electron chi connectivity index (χ2n) is 9.23. The summed E-state index contributed by atoms with van der Waals surface area (Å²) in [6.07, 6.45) is 4.01. The third kappa shape index (κ3) is 5.55. The SMILES string of the molecule is Cc1cc(/C(O)=C2\C(=O)C(=O)N(CCCN3CCOCC3)[C@H]2c2cccnc2)ccc1OC(C)C. The molecule has 0 saturated carbocycles. The molecule has 186 valence electrons. The number of pyridine rings is 1. The Hall–Kier alpha value is -3.23. The maximum absolute atomic E-state index is 13.2. The highest BCUT2D eigenvalue weighted by Gasteiger charge is 2.46. The van der Waals surface area contributed by atoms with Gasteiger partial charge in [0.1, 0.15) is 11.5 Å². The molecule has 1 atom stereocenters. The number of aliphatic hydroxyl groups excluding tert-OH is 1. The minimum atomic E-state index is -0.694. The van der Waals surface area contributed by atoms with Crippen LogP contribution in [0.2, 0.25) is 0 Å². The maximum Gasteiger partial charge on any atom is 0.295 e. The summed E-state index contributed by atoms with van der Waals surface area (Å²) in [5.41, 5.74) is 2.08. The van der Waals surface area contributed by atoms with Crippen molar-refractivity contribution in [3.8, 4) is 5.75 Å². The Morgan fingerprint density at radius 1 is 1.20 bits per heavy atom. The van der Waals surface area contributed by atoms with Crippen LogP contribution in [0.25, 0.3) is 5.76 Å². The summed E-state index contributed by atoms with van der Waals surface area (Å²) in [4.78, 5) is 34.4. The molecule has 2 aliphatic rings. The van der Waals surface area contributed by atoms with Crippen molar-refractivity contribution in [3.63, 3.8) is 0 Å². The van der Waals surface area contributed by atoms with Crippen LogP contribution < -0.4 is 4.74 Å². The number of benzene rings is 1. The van der Waals surface area contributed by atoms with Gasteiger partial charge in [-0.25, -0.2) is 0 Å². The number of aromatic nitrogens is 1. The molecule has 8 nitrogen and oxygen atoms in total. The average molecular weight is 480 g/mol. The topological polar surface area (TPSA) is 92.2 Å². The number of morpholine rings is 1.